The second-order valence-electron chi connectivity index (χ2n) is 5.15. The van der Waals surface area contributed by atoms with Gasteiger partial charge < -0.3 is 9.15 Å². The van der Waals surface area contributed by atoms with Crippen LogP contribution < -0.4 is 15.6 Å². The summed E-state index contributed by atoms with van der Waals surface area (Å²) in [6.07, 6.45) is 0.495. The number of para-hydroxylation sites is 1. The molecule has 0 saturated carbocycles. The summed E-state index contributed by atoms with van der Waals surface area (Å²) in [7, 11) is 0. The third-order valence-corrected chi connectivity index (χ3v) is 4.13. The number of furan rings is 1. The lowest BCUT2D eigenvalue weighted by molar-refractivity contribution is -0.128. The van der Waals surface area contributed by atoms with Gasteiger partial charge in [-0.05, 0) is 31.2 Å². The maximum atomic E-state index is 13.5. The molecule has 7 nitrogen and oxygen atoms in total. The van der Waals surface area contributed by atoms with Crippen LogP contribution in [0.5, 0.6) is 5.75 Å². The fourth-order valence-electron chi connectivity index (χ4n) is 1.96. The molecule has 26 heavy (non-hydrogen) atoms. The molecule has 2 aromatic heterocycles. The van der Waals surface area contributed by atoms with Crippen molar-refractivity contribution in [2.45, 2.75) is 13.0 Å². The van der Waals surface area contributed by atoms with Crippen molar-refractivity contribution in [2.24, 2.45) is 0 Å². The summed E-state index contributed by atoms with van der Waals surface area (Å²) in [5, 5.41) is 2.08. The van der Waals surface area contributed by atoms with Crippen LogP contribution in [0.3, 0.4) is 0 Å². The second kappa shape index (κ2) is 7.79. The van der Waals surface area contributed by atoms with E-state index in [2.05, 4.69) is 15.8 Å². The van der Waals surface area contributed by atoms with Gasteiger partial charge in [-0.15, -0.1) is 11.3 Å². The third kappa shape index (κ3) is 4.06. The van der Waals surface area contributed by atoms with Crippen molar-refractivity contribution in [3.05, 3.63) is 59.6 Å². The Morgan fingerprint density at radius 3 is 2.77 bits per heavy atom. The van der Waals surface area contributed by atoms with Crippen LogP contribution in [-0.4, -0.2) is 22.9 Å². The van der Waals surface area contributed by atoms with Crippen LogP contribution in [0.25, 0.3) is 10.8 Å². The van der Waals surface area contributed by atoms with E-state index in [4.69, 9.17) is 9.15 Å². The predicted molar refractivity (Wildman–Crippen MR) is 91.9 cm³/mol. The van der Waals surface area contributed by atoms with E-state index < -0.39 is 23.7 Å². The fraction of sp³-hybridized carbons (Fsp3) is 0.118. The Morgan fingerprint density at radius 2 is 2.04 bits per heavy atom. The van der Waals surface area contributed by atoms with Crippen LogP contribution in [0.2, 0.25) is 0 Å². The quantitative estimate of drug-likeness (QED) is 0.669. The van der Waals surface area contributed by atoms with Crippen molar-refractivity contribution >= 4 is 23.2 Å². The number of nitrogens with zero attached hydrogens (tertiary/aromatic N) is 1. The van der Waals surface area contributed by atoms with Gasteiger partial charge in [-0.2, -0.15) is 0 Å². The Hall–Kier alpha value is -3.20. The van der Waals surface area contributed by atoms with Gasteiger partial charge in [0, 0.05) is 5.38 Å². The molecule has 0 aliphatic rings. The van der Waals surface area contributed by atoms with Crippen LogP contribution in [-0.2, 0) is 4.79 Å². The molecule has 0 spiro atoms. The molecule has 9 heteroatoms. The molecule has 2 N–H and O–H groups in total. The van der Waals surface area contributed by atoms with Crippen LogP contribution in [0.4, 0.5) is 4.39 Å². The molecular formula is C17H14FN3O4S. The monoisotopic (exact) mass is 375 g/mol. The van der Waals surface area contributed by atoms with Gasteiger partial charge in [-0.3, -0.25) is 20.4 Å². The Kier molecular flexibility index (Phi) is 5.28. The van der Waals surface area contributed by atoms with E-state index in [1.165, 1.54) is 42.7 Å². The highest BCUT2D eigenvalue weighted by molar-refractivity contribution is 7.13. The van der Waals surface area contributed by atoms with Gasteiger partial charge in [0.25, 0.3) is 11.8 Å². The van der Waals surface area contributed by atoms with E-state index >= 15 is 0 Å². The molecular weight excluding hydrogens is 361 g/mol. The maximum absolute atomic E-state index is 13.5. The Labute approximate surface area is 151 Å². The number of halogens is 1. The number of rotatable bonds is 5. The molecule has 0 bridgehead atoms. The standard InChI is InChI=1S/C17H14FN3O4S/c1-10(25-13-6-3-2-5-11(13)18)15(22)20-21-16(23)12-9-26-17(19-12)14-7-4-8-24-14/h2-10H,1H3,(H,20,22)(H,21,23). The SMILES string of the molecule is CC(Oc1ccccc1F)C(=O)NNC(=O)c1csc(-c2ccco2)n1. The van der Waals surface area contributed by atoms with Gasteiger partial charge >= 0.3 is 0 Å². The smallest absolute Gasteiger partial charge is 0.289 e. The molecule has 1 unspecified atom stereocenters. The molecule has 3 rings (SSSR count). The van der Waals surface area contributed by atoms with E-state index in [-0.39, 0.29) is 11.4 Å². The number of nitrogens with one attached hydrogen (secondary N) is 2. The summed E-state index contributed by atoms with van der Waals surface area (Å²) in [4.78, 5) is 28.2. The molecule has 0 aliphatic carbocycles. The number of hydrazine groups is 1. The number of thiazole rings is 1. The molecule has 0 fully saturated rings. The van der Waals surface area contributed by atoms with E-state index in [0.29, 0.717) is 10.8 Å². The average Bonchev–Trinajstić information content (AvgIpc) is 3.32. The number of hydrogen-bond donors (Lipinski definition) is 2. The summed E-state index contributed by atoms with van der Waals surface area (Å²) >= 11 is 1.23. The first kappa shape index (κ1) is 17.6. The van der Waals surface area contributed by atoms with E-state index in [1.54, 1.807) is 23.6 Å². The Balaban J connectivity index is 1.54. The zero-order valence-electron chi connectivity index (χ0n) is 13.6. The molecule has 2 amide bonds. The van der Waals surface area contributed by atoms with Crippen LogP contribution in [0.15, 0.2) is 52.5 Å². The van der Waals surface area contributed by atoms with E-state index in [0.717, 1.165) is 0 Å². The minimum Gasteiger partial charge on any atom is -0.478 e. The maximum Gasteiger partial charge on any atom is 0.289 e. The lowest BCUT2D eigenvalue weighted by atomic mass is 10.3. The second-order valence-corrected chi connectivity index (χ2v) is 6.01. The minimum atomic E-state index is -1.01. The molecule has 0 aliphatic heterocycles. The number of carbonyl (C=O) groups excluding carboxylic acids is 2. The van der Waals surface area contributed by atoms with Gasteiger partial charge in [0.2, 0.25) is 0 Å². The zero-order valence-corrected chi connectivity index (χ0v) is 14.4. The first-order chi connectivity index (χ1) is 12.5. The summed E-state index contributed by atoms with van der Waals surface area (Å²) in [5.74, 6) is -1.31. The van der Waals surface area contributed by atoms with Gasteiger partial charge in [0.1, 0.15) is 5.69 Å². The molecule has 0 saturated heterocycles. The van der Waals surface area contributed by atoms with Gasteiger partial charge in [0.15, 0.2) is 28.4 Å². The summed E-state index contributed by atoms with van der Waals surface area (Å²) in [5.41, 5.74) is 4.59. The fourth-order valence-corrected chi connectivity index (χ4v) is 2.73. The van der Waals surface area contributed by atoms with Crippen LogP contribution in [0, 0.1) is 5.82 Å². The highest BCUT2D eigenvalue weighted by Gasteiger charge is 2.18. The van der Waals surface area contributed by atoms with Gasteiger partial charge in [-0.25, -0.2) is 9.37 Å². The highest BCUT2D eigenvalue weighted by atomic mass is 32.1. The van der Waals surface area contributed by atoms with Crippen molar-refractivity contribution in [1.82, 2.24) is 15.8 Å². The number of aromatic nitrogens is 1. The topological polar surface area (TPSA) is 93.5 Å². The Bertz CT molecular complexity index is 910. The zero-order chi connectivity index (χ0) is 18.5. The van der Waals surface area contributed by atoms with Gasteiger partial charge in [0.05, 0.1) is 6.26 Å². The van der Waals surface area contributed by atoms with Crippen molar-refractivity contribution in [3.63, 3.8) is 0 Å². The van der Waals surface area contributed by atoms with Crippen molar-refractivity contribution < 1.29 is 23.1 Å². The molecule has 1 atom stereocenters. The van der Waals surface area contributed by atoms with E-state index in [1.807, 2.05) is 0 Å². The van der Waals surface area contributed by atoms with E-state index in [9.17, 15) is 14.0 Å². The largest absolute Gasteiger partial charge is 0.478 e. The number of ether oxygens (including phenoxy) is 1. The molecule has 3 aromatic rings. The molecule has 2 heterocycles. The first-order valence-corrected chi connectivity index (χ1v) is 8.43. The lowest BCUT2D eigenvalue weighted by Gasteiger charge is -2.15. The first-order valence-electron chi connectivity index (χ1n) is 7.55. The number of carbonyl (C=O) groups is 2. The molecule has 134 valence electrons. The van der Waals surface area contributed by atoms with Crippen molar-refractivity contribution in [1.29, 1.82) is 0 Å². The number of benzene rings is 1. The molecule has 0 radical (unpaired) electrons. The summed E-state index contributed by atoms with van der Waals surface area (Å²) in [6.45, 7) is 1.44. The normalized spacial score (nSPS) is 11.6. The number of hydrogen-bond acceptors (Lipinski definition) is 6. The third-order valence-electron chi connectivity index (χ3n) is 3.28. The van der Waals surface area contributed by atoms with Crippen molar-refractivity contribution in [3.8, 4) is 16.5 Å². The highest BCUT2D eigenvalue weighted by Crippen LogP contribution is 2.23. The lowest BCUT2D eigenvalue weighted by Crippen LogP contribution is -2.47. The van der Waals surface area contributed by atoms with Crippen LogP contribution >= 0.6 is 11.3 Å². The van der Waals surface area contributed by atoms with Crippen LogP contribution in [0.1, 0.15) is 17.4 Å². The van der Waals surface area contributed by atoms with Gasteiger partial charge in [-0.1, -0.05) is 12.1 Å². The number of amides is 2. The van der Waals surface area contributed by atoms with Crippen molar-refractivity contribution in [2.75, 3.05) is 0 Å². The predicted octanol–water partition coefficient (Wildman–Crippen LogP) is 2.77. The Morgan fingerprint density at radius 1 is 1.23 bits per heavy atom. The summed E-state index contributed by atoms with van der Waals surface area (Å²) in [6, 6.07) is 9.17. The minimum absolute atomic E-state index is 0.0518. The average molecular weight is 375 g/mol. The molecule has 1 aromatic carbocycles. The summed E-state index contributed by atoms with van der Waals surface area (Å²) < 4.78 is 24.0.